The normalized spacial score (nSPS) is 17.5. The van der Waals surface area contributed by atoms with Crippen molar-refractivity contribution in [2.45, 2.75) is 19.9 Å². The minimum absolute atomic E-state index is 0.291. The fourth-order valence-electron chi connectivity index (χ4n) is 2.50. The Balaban J connectivity index is 1.90. The lowest BCUT2D eigenvalue weighted by molar-refractivity contribution is -0.113. The van der Waals surface area contributed by atoms with Gasteiger partial charge in [-0.25, -0.2) is 4.79 Å². The fraction of sp³-hybridized carbons (Fsp3) is 0.176. The second kappa shape index (κ2) is 6.00. The van der Waals surface area contributed by atoms with Crippen molar-refractivity contribution in [2.75, 3.05) is 5.32 Å². The summed E-state index contributed by atoms with van der Waals surface area (Å²) < 4.78 is 5.36. The molecule has 1 aromatic heterocycles. The van der Waals surface area contributed by atoms with E-state index < -0.39 is 6.04 Å². The number of rotatable bonds is 3. The first-order chi connectivity index (χ1) is 11.0. The highest BCUT2D eigenvalue weighted by Crippen LogP contribution is 2.28. The first kappa shape index (κ1) is 14.9. The zero-order valence-corrected chi connectivity index (χ0v) is 12.8. The summed E-state index contributed by atoms with van der Waals surface area (Å²) in [5, 5.41) is 8.18. The number of allylic oxidation sites excluding steroid dienone is 1. The quantitative estimate of drug-likeness (QED) is 0.815. The molecule has 6 nitrogen and oxygen atoms in total. The van der Waals surface area contributed by atoms with Gasteiger partial charge in [0.15, 0.2) is 0 Å². The van der Waals surface area contributed by atoms with Crippen LogP contribution in [0.5, 0.6) is 0 Å². The first-order valence-corrected chi connectivity index (χ1v) is 7.24. The van der Waals surface area contributed by atoms with Gasteiger partial charge >= 0.3 is 6.03 Å². The number of aryl methyl sites for hydroxylation is 1. The molecule has 1 aliphatic heterocycles. The van der Waals surface area contributed by atoms with Gasteiger partial charge in [0.1, 0.15) is 11.8 Å². The molecule has 3 amide bonds. The molecule has 118 valence electrons. The van der Waals surface area contributed by atoms with E-state index in [1.807, 2.05) is 31.2 Å². The summed E-state index contributed by atoms with van der Waals surface area (Å²) in [6.07, 6.45) is 1.51. The Hall–Kier alpha value is -3.02. The average Bonchev–Trinajstić information content (AvgIpc) is 3.03. The summed E-state index contributed by atoms with van der Waals surface area (Å²) in [7, 11) is 0. The van der Waals surface area contributed by atoms with E-state index in [0.717, 1.165) is 5.56 Å². The van der Waals surface area contributed by atoms with Gasteiger partial charge in [-0.2, -0.15) is 0 Å². The van der Waals surface area contributed by atoms with Gasteiger partial charge in [-0.1, -0.05) is 17.7 Å². The molecule has 3 rings (SSSR count). The molecule has 0 bridgehead atoms. The predicted molar refractivity (Wildman–Crippen MR) is 85.6 cm³/mol. The van der Waals surface area contributed by atoms with Gasteiger partial charge in [0.05, 0.1) is 11.8 Å². The number of furan rings is 1. The lowest BCUT2D eigenvalue weighted by atomic mass is 9.99. The van der Waals surface area contributed by atoms with E-state index in [9.17, 15) is 9.59 Å². The molecule has 0 unspecified atom stereocenters. The summed E-state index contributed by atoms with van der Waals surface area (Å²) in [5.41, 5.74) is 2.72. The van der Waals surface area contributed by atoms with Crippen molar-refractivity contribution in [3.05, 3.63) is 65.3 Å². The Bertz CT molecular complexity index is 761. The van der Waals surface area contributed by atoms with E-state index in [0.29, 0.717) is 22.7 Å². The number of nitrogens with one attached hydrogen (secondary N) is 3. The second-order valence-corrected chi connectivity index (χ2v) is 5.41. The molecular weight excluding hydrogens is 294 g/mol. The maximum Gasteiger partial charge on any atom is 0.319 e. The molecule has 2 aromatic rings. The van der Waals surface area contributed by atoms with Crippen LogP contribution >= 0.6 is 0 Å². The molecule has 6 heteroatoms. The third kappa shape index (κ3) is 3.11. The number of hydrogen-bond acceptors (Lipinski definition) is 3. The van der Waals surface area contributed by atoms with Crippen LogP contribution in [-0.4, -0.2) is 11.9 Å². The van der Waals surface area contributed by atoms with Crippen molar-refractivity contribution in [3.63, 3.8) is 0 Å². The zero-order chi connectivity index (χ0) is 16.4. The van der Waals surface area contributed by atoms with Crippen LogP contribution in [0.2, 0.25) is 0 Å². The first-order valence-electron chi connectivity index (χ1n) is 7.24. The Morgan fingerprint density at radius 2 is 1.91 bits per heavy atom. The van der Waals surface area contributed by atoms with Crippen molar-refractivity contribution < 1.29 is 14.0 Å². The largest absolute Gasteiger partial charge is 0.467 e. The zero-order valence-electron chi connectivity index (χ0n) is 12.8. The highest BCUT2D eigenvalue weighted by molar-refractivity contribution is 6.06. The monoisotopic (exact) mass is 311 g/mol. The molecule has 0 spiro atoms. The van der Waals surface area contributed by atoms with E-state index in [1.165, 1.54) is 6.26 Å². The van der Waals surface area contributed by atoms with E-state index in [1.54, 1.807) is 19.1 Å². The van der Waals surface area contributed by atoms with Crippen LogP contribution in [0, 0.1) is 6.92 Å². The minimum Gasteiger partial charge on any atom is -0.467 e. The van der Waals surface area contributed by atoms with Gasteiger partial charge in [-0.05, 0) is 38.1 Å². The van der Waals surface area contributed by atoms with Gasteiger partial charge in [-0.15, -0.1) is 0 Å². The van der Waals surface area contributed by atoms with Gasteiger partial charge < -0.3 is 20.4 Å². The second-order valence-electron chi connectivity index (χ2n) is 5.41. The fourth-order valence-corrected chi connectivity index (χ4v) is 2.50. The molecule has 1 aliphatic rings. The molecule has 1 aromatic carbocycles. The smallest absolute Gasteiger partial charge is 0.319 e. The molecule has 2 heterocycles. The van der Waals surface area contributed by atoms with E-state index in [4.69, 9.17) is 4.42 Å². The van der Waals surface area contributed by atoms with Crippen LogP contribution in [0.25, 0.3) is 0 Å². The Labute approximate surface area is 133 Å². The summed E-state index contributed by atoms with van der Waals surface area (Å²) in [6, 6.07) is 9.96. The number of hydrogen-bond donors (Lipinski definition) is 3. The van der Waals surface area contributed by atoms with Crippen molar-refractivity contribution in [3.8, 4) is 0 Å². The average molecular weight is 311 g/mol. The molecule has 3 N–H and O–H groups in total. The molecule has 0 saturated carbocycles. The third-order valence-electron chi connectivity index (χ3n) is 3.65. The van der Waals surface area contributed by atoms with Crippen LogP contribution in [0.1, 0.15) is 24.3 Å². The Morgan fingerprint density at radius 3 is 2.57 bits per heavy atom. The number of anilines is 1. The van der Waals surface area contributed by atoms with Crippen molar-refractivity contribution in [1.29, 1.82) is 0 Å². The van der Waals surface area contributed by atoms with Crippen LogP contribution in [0.15, 0.2) is 58.3 Å². The van der Waals surface area contributed by atoms with Crippen LogP contribution in [0.3, 0.4) is 0 Å². The Kier molecular flexibility index (Phi) is 3.89. The number of carbonyl (C=O) groups is 2. The van der Waals surface area contributed by atoms with Crippen LogP contribution in [-0.2, 0) is 4.79 Å². The van der Waals surface area contributed by atoms with Gasteiger partial charge in [-0.3, -0.25) is 4.79 Å². The van der Waals surface area contributed by atoms with E-state index in [2.05, 4.69) is 16.0 Å². The lowest BCUT2D eigenvalue weighted by Crippen LogP contribution is -2.45. The molecule has 0 aliphatic carbocycles. The SMILES string of the molecule is CC1=C(C(=O)Nc2ccc(C)cc2)[C@H](c2ccco2)NC(=O)N1. The third-order valence-corrected chi connectivity index (χ3v) is 3.65. The predicted octanol–water partition coefficient (Wildman–Crippen LogP) is 2.85. The van der Waals surface area contributed by atoms with E-state index >= 15 is 0 Å². The molecule has 23 heavy (non-hydrogen) atoms. The Morgan fingerprint density at radius 1 is 1.17 bits per heavy atom. The number of urea groups is 1. The number of amides is 3. The summed E-state index contributed by atoms with van der Waals surface area (Å²) >= 11 is 0. The standard InChI is InChI=1S/C17H17N3O3/c1-10-5-7-12(8-6-10)19-16(21)14-11(2)18-17(22)20-15(14)13-4-3-9-23-13/h3-9,15H,1-2H3,(H,19,21)(H2,18,20,22)/t15-/m0/s1. The van der Waals surface area contributed by atoms with Crippen molar-refractivity contribution >= 4 is 17.6 Å². The highest BCUT2D eigenvalue weighted by atomic mass is 16.3. The van der Waals surface area contributed by atoms with Gasteiger partial charge in [0, 0.05) is 11.4 Å². The number of benzene rings is 1. The maximum atomic E-state index is 12.7. The van der Waals surface area contributed by atoms with Gasteiger partial charge in [0.25, 0.3) is 5.91 Å². The lowest BCUT2D eigenvalue weighted by Gasteiger charge is -2.27. The molecule has 1 atom stereocenters. The highest BCUT2D eigenvalue weighted by Gasteiger charge is 2.32. The van der Waals surface area contributed by atoms with Crippen molar-refractivity contribution in [1.82, 2.24) is 10.6 Å². The van der Waals surface area contributed by atoms with Crippen molar-refractivity contribution in [2.24, 2.45) is 0 Å². The molecule has 0 fully saturated rings. The van der Waals surface area contributed by atoms with Crippen LogP contribution in [0.4, 0.5) is 10.5 Å². The topological polar surface area (TPSA) is 83.4 Å². The molecule has 0 radical (unpaired) electrons. The van der Waals surface area contributed by atoms with Crippen LogP contribution < -0.4 is 16.0 Å². The summed E-state index contributed by atoms with van der Waals surface area (Å²) in [6.45, 7) is 3.67. The molecular formula is C17H17N3O3. The number of carbonyl (C=O) groups excluding carboxylic acids is 2. The minimum atomic E-state index is -0.621. The summed E-state index contributed by atoms with van der Waals surface area (Å²) in [4.78, 5) is 24.4. The van der Waals surface area contributed by atoms with Gasteiger partial charge in [0.2, 0.25) is 0 Å². The molecule has 0 saturated heterocycles. The van der Waals surface area contributed by atoms with E-state index in [-0.39, 0.29) is 11.9 Å². The summed E-state index contributed by atoms with van der Waals surface area (Å²) in [5.74, 6) is 0.216. The maximum absolute atomic E-state index is 12.7.